The molecule has 0 saturated heterocycles. The Hall–Kier alpha value is -2.83. The van der Waals surface area contributed by atoms with Crippen molar-refractivity contribution in [3.8, 4) is 16.9 Å². The van der Waals surface area contributed by atoms with Gasteiger partial charge >= 0.3 is 0 Å². The molecule has 2 heterocycles. The van der Waals surface area contributed by atoms with Gasteiger partial charge in [0.15, 0.2) is 4.90 Å². The summed E-state index contributed by atoms with van der Waals surface area (Å²) in [5.41, 5.74) is 4.59. The molecular formula is C21H19N3O2S. The molecule has 0 saturated carbocycles. The SMILES string of the molecule is Cc1cc(-n2cc(-c3ccc([S+](C)[O-])cc3)nc2C)cc2ccc(=O)[nH]c12. The lowest BCUT2D eigenvalue weighted by molar-refractivity contribution is 0.601. The van der Waals surface area contributed by atoms with E-state index in [-0.39, 0.29) is 5.56 Å². The second-order valence-electron chi connectivity index (χ2n) is 6.57. The summed E-state index contributed by atoms with van der Waals surface area (Å²) in [6.07, 6.45) is 3.67. The fourth-order valence-corrected chi connectivity index (χ4v) is 3.78. The number of aromatic nitrogens is 3. The molecule has 136 valence electrons. The number of H-pyrrole nitrogens is 1. The molecule has 0 bridgehead atoms. The lowest BCUT2D eigenvalue weighted by Crippen LogP contribution is -2.04. The molecule has 4 aromatic rings. The molecular weight excluding hydrogens is 358 g/mol. The molecule has 2 aromatic carbocycles. The van der Waals surface area contributed by atoms with Crippen LogP contribution in [0.5, 0.6) is 0 Å². The van der Waals surface area contributed by atoms with Crippen molar-refractivity contribution in [1.82, 2.24) is 14.5 Å². The maximum absolute atomic E-state index is 11.6. The van der Waals surface area contributed by atoms with E-state index in [1.165, 1.54) is 6.07 Å². The van der Waals surface area contributed by atoms with E-state index in [1.54, 1.807) is 6.26 Å². The third-order valence-electron chi connectivity index (χ3n) is 4.66. The molecule has 0 aliphatic rings. The zero-order valence-electron chi connectivity index (χ0n) is 15.3. The first kappa shape index (κ1) is 17.6. The van der Waals surface area contributed by atoms with E-state index in [1.807, 2.05) is 67.1 Å². The third kappa shape index (κ3) is 3.29. The maximum Gasteiger partial charge on any atom is 0.248 e. The van der Waals surface area contributed by atoms with Gasteiger partial charge in [-0.15, -0.1) is 0 Å². The predicted molar refractivity (Wildman–Crippen MR) is 109 cm³/mol. The highest BCUT2D eigenvalue weighted by Gasteiger charge is 2.11. The van der Waals surface area contributed by atoms with E-state index >= 15 is 0 Å². The Morgan fingerprint density at radius 2 is 1.81 bits per heavy atom. The minimum atomic E-state index is -0.991. The van der Waals surface area contributed by atoms with Crippen LogP contribution in [-0.4, -0.2) is 25.3 Å². The molecule has 5 nitrogen and oxygen atoms in total. The Morgan fingerprint density at radius 1 is 1.07 bits per heavy atom. The van der Waals surface area contributed by atoms with E-state index in [9.17, 15) is 9.35 Å². The molecule has 0 aliphatic heterocycles. The molecule has 0 aliphatic carbocycles. The highest BCUT2D eigenvalue weighted by molar-refractivity contribution is 7.90. The van der Waals surface area contributed by atoms with Gasteiger partial charge < -0.3 is 14.1 Å². The highest BCUT2D eigenvalue weighted by atomic mass is 32.2. The van der Waals surface area contributed by atoms with Crippen LogP contribution in [0.25, 0.3) is 27.8 Å². The molecule has 6 heteroatoms. The van der Waals surface area contributed by atoms with Crippen LogP contribution in [0.3, 0.4) is 0 Å². The van der Waals surface area contributed by atoms with Crippen LogP contribution < -0.4 is 5.56 Å². The number of fused-ring (bicyclic) bond motifs is 1. The number of benzene rings is 2. The van der Waals surface area contributed by atoms with E-state index in [4.69, 9.17) is 0 Å². The van der Waals surface area contributed by atoms with Crippen molar-refractivity contribution in [1.29, 1.82) is 0 Å². The average Bonchev–Trinajstić information content (AvgIpc) is 3.04. The standard InChI is InChI=1S/C21H19N3O2S/c1-13-10-17(11-16-6-9-20(25)23-21(13)16)24-12-19(22-14(24)2)15-4-7-18(8-5-15)27(3)26/h4-12H,1-3H3,(H,23,25). The zero-order valence-corrected chi connectivity index (χ0v) is 16.1. The summed E-state index contributed by atoms with van der Waals surface area (Å²) in [4.78, 5) is 20.0. The first-order valence-corrected chi connectivity index (χ1v) is 10.1. The van der Waals surface area contributed by atoms with Gasteiger partial charge in [-0.2, -0.15) is 0 Å². The Kier molecular flexibility index (Phi) is 4.37. The number of rotatable bonds is 3. The minimum Gasteiger partial charge on any atom is -0.612 e. The van der Waals surface area contributed by atoms with Crippen LogP contribution in [0.2, 0.25) is 0 Å². The monoisotopic (exact) mass is 377 g/mol. The fraction of sp³-hybridized carbons (Fsp3) is 0.143. The van der Waals surface area contributed by atoms with Crippen LogP contribution >= 0.6 is 0 Å². The lowest BCUT2D eigenvalue weighted by Gasteiger charge is -2.09. The molecule has 1 unspecified atom stereocenters. The van der Waals surface area contributed by atoms with E-state index in [2.05, 4.69) is 9.97 Å². The molecule has 1 atom stereocenters. The van der Waals surface area contributed by atoms with Gasteiger partial charge in [0, 0.05) is 28.9 Å². The van der Waals surface area contributed by atoms with Crippen molar-refractivity contribution < 1.29 is 4.55 Å². The van der Waals surface area contributed by atoms with Crippen LogP contribution in [-0.2, 0) is 11.2 Å². The van der Waals surface area contributed by atoms with Crippen molar-refractivity contribution in [2.45, 2.75) is 18.7 Å². The van der Waals surface area contributed by atoms with Gasteiger partial charge in [-0.3, -0.25) is 4.79 Å². The first-order valence-electron chi connectivity index (χ1n) is 8.56. The zero-order chi connectivity index (χ0) is 19.1. The largest absolute Gasteiger partial charge is 0.612 e. The van der Waals surface area contributed by atoms with Crippen molar-refractivity contribution >= 4 is 22.1 Å². The van der Waals surface area contributed by atoms with Crippen molar-refractivity contribution in [2.24, 2.45) is 0 Å². The Balaban J connectivity index is 1.78. The molecule has 0 fully saturated rings. The molecule has 1 N–H and O–H groups in total. The Labute approximate surface area is 159 Å². The summed E-state index contributed by atoms with van der Waals surface area (Å²) in [6, 6.07) is 15.1. The Bertz CT molecular complexity index is 1190. The van der Waals surface area contributed by atoms with Crippen molar-refractivity contribution in [2.75, 3.05) is 6.26 Å². The number of hydrogen-bond donors (Lipinski definition) is 1. The topological polar surface area (TPSA) is 73.7 Å². The molecule has 4 rings (SSSR count). The van der Waals surface area contributed by atoms with Gasteiger partial charge in [0.05, 0.1) is 11.2 Å². The number of aryl methyl sites for hydroxylation is 2. The minimum absolute atomic E-state index is 0.101. The third-order valence-corrected chi connectivity index (χ3v) is 5.59. The van der Waals surface area contributed by atoms with Gasteiger partial charge in [0.1, 0.15) is 12.1 Å². The van der Waals surface area contributed by atoms with Gasteiger partial charge in [-0.1, -0.05) is 0 Å². The summed E-state index contributed by atoms with van der Waals surface area (Å²) in [5, 5.41) is 0.981. The smallest absolute Gasteiger partial charge is 0.248 e. The quantitative estimate of drug-likeness (QED) is 0.553. The second-order valence-corrected chi connectivity index (χ2v) is 7.95. The van der Waals surface area contributed by atoms with Crippen molar-refractivity contribution in [3.05, 3.63) is 76.5 Å². The molecule has 0 radical (unpaired) electrons. The number of nitrogens with zero attached hydrogens (tertiary/aromatic N) is 2. The molecule has 0 spiro atoms. The van der Waals surface area contributed by atoms with Gasteiger partial charge in [-0.05, 0) is 73.1 Å². The number of hydrogen-bond acceptors (Lipinski definition) is 3. The van der Waals surface area contributed by atoms with Crippen LogP contribution in [0.4, 0.5) is 0 Å². The van der Waals surface area contributed by atoms with Crippen LogP contribution in [0.15, 0.2) is 64.4 Å². The summed E-state index contributed by atoms with van der Waals surface area (Å²) in [5.74, 6) is 0.872. The number of pyridine rings is 1. The highest BCUT2D eigenvalue weighted by Crippen LogP contribution is 2.25. The van der Waals surface area contributed by atoms with Crippen LogP contribution in [0.1, 0.15) is 11.4 Å². The van der Waals surface area contributed by atoms with Crippen molar-refractivity contribution in [3.63, 3.8) is 0 Å². The van der Waals surface area contributed by atoms with Gasteiger partial charge in [-0.25, -0.2) is 4.98 Å². The number of aromatic amines is 1. The van der Waals surface area contributed by atoms with E-state index in [0.29, 0.717) is 0 Å². The number of imidazole rings is 1. The average molecular weight is 377 g/mol. The van der Waals surface area contributed by atoms with E-state index < -0.39 is 11.2 Å². The fourth-order valence-electron chi connectivity index (χ4n) is 3.26. The second kappa shape index (κ2) is 6.72. The molecule has 0 amide bonds. The van der Waals surface area contributed by atoms with E-state index in [0.717, 1.165) is 44.1 Å². The number of nitrogens with one attached hydrogen (secondary N) is 1. The first-order chi connectivity index (χ1) is 12.9. The normalized spacial score (nSPS) is 12.4. The van der Waals surface area contributed by atoms with Gasteiger partial charge in [0.2, 0.25) is 5.56 Å². The summed E-state index contributed by atoms with van der Waals surface area (Å²) in [6.45, 7) is 3.95. The Morgan fingerprint density at radius 3 is 2.52 bits per heavy atom. The predicted octanol–water partition coefficient (Wildman–Crippen LogP) is 3.74. The maximum atomic E-state index is 11.6. The summed E-state index contributed by atoms with van der Waals surface area (Å²) >= 11 is -0.991. The molecule has 27 heavy (non-hydrogen) atoms. The lowest BCUT2D eigenvalue weighted by atomic mass is 10.1. The summed E-state index contributed by atoms with van der Waals surface area (Å²) in [7, 11) is 0. The van der Waals surface area contributed by atoms with Gasteiger partial charge in [0.25, 0.3) is 0 Å². The molecule has 2 aromatic heterocycles. The summed E-state index contributed by atoms with van der Waals surface area (Å²) < 4.78 is 13.6. The van der Waals surface area contributed by atoms with Crippen LogP contribution in [0, 0.1) is 13.8 Å².